The van der Waals surface area contributed by atoms with E-state index in [1.807, 2.05) is 18.2 Å². The van der Waals surface area contributed by atoms with E-state index >= 15 is 0 Å². The molecule has 2 aromatic heterocycles. The normalized spacial score (nSPS) is 14.5. The van der Waals surface area contributed by atoms with Crippen LogP contribution in [0, 0.1) is 10.1 Å². The number of carboxylic acids is 1. The predicted octanol–water partition coefficient (Wildman–Crippen LogP) is 2.51. The minimum Gasteiger partial charge on any atom is -0.477 e. The van der Waals surface area contributed by atoms with E-state index in [0.29, 0.717) is 0 Å². The predicted molar refractivity (Wildman–Crippen MR) is 105 cm³/mol. The maximum absolute atomic E-state index is 11.3. The molecule has 1 saturated heterocycles. The number of anilines is 2. The Morgan fingerprint density at radius 2 is 1.82 bits per heavy atom. The SMILES string of the molecule is Cn1c(C(=O)O)cc2cc(N3CCN(c4ccc([N+](=O)[O-])cn4)CC3)ccc21. The molecule has 0 radical (unpaired) electrons. The lowest BCUT2D eigenvalue weighted by atomic mass is 10.2. The van der Waals surface area contributed by atoms with E-state index in [9.17, 15) is 20.0 Å². The molecule has 3 heterocycles. The van der Waals surface area contributed by atoms with Crippen LogP contribution in [0.2, 0.25) is 0 Å². The molecule has 1 aliphatic heterocycles. The molecule has 1 N–H and O–H groups in total. The van der Waals surface area contributed by atoms with Crippen LogP contribution in [-0.2, 0) is 7.05 Å². The minimum absolute atomic E-state index is 0.0146. The van der Waals surface area contributed by atoms with E-state index in [-0.39, 0.29) is 11.4 Å². The lowest BCUT2D eigenvalue weighted by Crippen LogP contribution is -2.46. The van der Waals surface area contributed by atoms with Crippen molar-refractivity contribution in [2.24, 2.45) is 7.05 Å². The van der Waals surface area contributed by atoms with Crippen LogP contribution in [0.25, 0.3) is 10.9 Å². The zero-order valence-corrected chi connectivity index (χ0v) is 15.3. The van der Waals surface area contributed by atoms with E-state index in [1.165, 1.54) is 12.3 Å². The van der Waals surface area contributed by atoms with Crippen molar-refractivity contribution >= 4 is 34.1 Å². The van der Waals surface area contributed by atoms with Crippen LogP contribution in [0.4, 0.5) is 17.2 Å². The average molecular weight is 381 g/mol. The number of benzene rings is 1. The summed E-state index contributed by atoms with van der Waals surface area (Å²) in [4.78, 5) is 30.2. The maximum atomic E-state index is 11.3. The summed E-state index contributed by atoms with van der Waals surface area (Å²) in [5.41, 5.74) is 2.18. The minimum atomic E-state index is -0.940. The molecule has 1 aromatic carbocycles. The number of aromatic carboxylic acids is 1. The van der Waals surface area contributed by atoms with E-state index in [0.717, 1.165) is 48.6 Å². The van der Waals surface area contributed by atoms with Crippen molar-refractivity contribution in [3.05, 3.63) is 58.4 Å². The van der Waals surface area contributed by atoms with Crippen molar-refractivity contribution in [3.8, 4) is 0 Å². The zero-order chi connectivity index (χ0) is 19.8. The van der Waals surface area contributed by atoms with Gasteiger partial charge in [0.15, 0.2) is 0 Å². The van der Waals surface area contributed by atoms with Gasteiger partial charge in [-0.3, -0.25) is 10.1 Å². The molecule has 0 aliphatic carbocycles. The Labute approximate surface area is 160 Å². The van der Waals surface area contributed by atoms with Gasteiger partial charge in [0.2, 0.25) is 0 Å². The zero-order valence-electron chi connectivity index (χ0n) is 15.3. The Kier molecular flexibility index (Phi) is 4.34. The number of hydrogen-bond acceptors (Lipinski definition) is 6. The van der Waals surface area contributed by atoms with Gasteiger partial charge in [-0.15, -0.1) is 0 Å². The van der Waals surface area contributed by atoms with Gasteiger partial charge in [-0.2, -0.15) is 0 Å². The molecule has 9 heteroatoms. The van der Waals surface area contributed by atoms with Crippen molar-refractivity contribution in [3.63, 3.8) is 0 Å². The largest absolute Gasteiger partial charge is 0.477 e. The molecule has 0 saturated carbocycles. The number of aryl methyl sites for hydroxylation is 1. The van der Waals surface area contributed by atoms with Gasteiger partial charge in [-0.25, -0.2) is 9.78 Å². The van der Waals surface area contributed by atoms with Crippen molar-refractivity contribution in [2.45, 2.75) is 0 Å². The number of nitro groups is 1. The van der Waals surface area contributed by atoms with Gasteiger partial charge < -0.3 is 19.5 Å². The summed E-state index contributed by atoms with van der Waals surface area (Å²) in [5, 5.41) is 20.9. The first kappa shape index (κ1) is 17.8. The summed E-state index contributed by atoms with van der Waals surface area (Å²) in [6.45, 7) is 3.06. The summed E-state index contributed by atoms with van der Waals surface area (Å²) >= 11 is 0. The van der Waals surface area contributed by atoms with Gasteiger partial charge in [0.05, 0.1) is 4.92 Å². The highest BCUT2D eigenvalue weighted by Gasteiger charge is 2.20. The molecule has 9 nitrogen and oxygen atoms in total. The van der Waals surface area contributed by atoms with E-state index in [2.05, 4.69) is 14.8 Å². The smallest absolute Gasteiger partial charge is 0.352 e. The van der Waals surface area contributed by atoms with Crippen LogP contribution < -0.4 is 9.80 Å². The number of nitrogens with zero attached hydrogens (tertiary/aromatic N) is 5. The molecule has 0 bridgehead atoms. The number of rotatable bonds is 4. The lowest BCUT2D eigenvalue weighted by molar-refractivity contribution is -0.385. The molecule has 144 valence electrons. The van der Waals surface area contributed by atoms with Gasteiger partial charge >= 0.3 is 5.97 Å². The second kappa shape index (κ2) is 6.84. The molecule has 3 aromatic rings. The molecule has 0 spiro atoms. The highest BCUT2D eigenvalue weighted by molar-refractivity contribution is 5.95. The monoisotopic (exact) mass is 381 g/mol. The molecule has 28 heavy (non-hydrogen) atoms. The third-order valence-corrected chi connectivity index (χ3v) is 5.16. The Bertz CT molecular complexity index is 1050. The summed E-state index contributed by atoms with van der Waals surface area (Å²) < 4.78 is 1.68. The van der Waals surface area contributed by atoms with Crippen LogP contribution in [0.3, 0.4) is 0 Å². The van der Waals surface area contributed by atoms with Crippen LogP contribution in [-0.4, -0.2) is 51.7 Å². The fourth-order valence-corrected chi connectivity index (χ4v) is 3.61. The number of hydrogen-bond donors (Lipinski definition) is 1. The Morgan fingerprint density at radius 3 is 2.43 bits per heavy atom. The Morgan fingerprint density at radius 1 is 1.11 bits per heavy atom. The Hall–Kier alpha value is -3.62. The third kappa shape index (κ3) is 3.11. The van der Waals surface area contributed by atoms with E-state index in [4.69, 9.17) is 0 Å². The van der Waals surface area contributed by atoms with Crippen molar-refractivity contribution in [1.82, 2.24) is 9.55 Å². The molecule has 1 fully saturated rings. The summed E-state index contributed by atoms with van der Waals surface area (Å²) in [5.74, 6) is -0.209. The fourth-order valence-electron chi connectivity index (χ4n) is 3.61. The highest BCUT2D eigenvalue weighted by Crippen LogP contribution is 2.26. The molecule has 0 unspecified atom stereocenters. The second-order valence-electron chi connectivity index (χ2n) is 6.74. The molecular weight excluding hydrogens is 362 g/mol. The molecule has 4 rings (SSSR count). The van der Waals surface area contributed by atoms with Gasteiger partial charge in [0.25, 0.3) is 5.69 Å². The van der Waals surface area contributed by atoms with Gasteiger partial charge in [-0.1, -0.05) is 0 Å². The van der Waals surface area contributed by atoms with Crippen LogP contribution in [0.1, 0.15) is 10.5 Å². The standard InChI is InChI=1S/C19H19N5O4/c1-21-16-4-2-14(10-13(16)11-17(21)19(25)26)22-6-8-23(9-7-22)18-5-3-15(12-20-18)24(27)28/h2-5,10-12H,6-9H2,1H3,(H,25,26). The fraction of sp³-hybridized carbons (Fsp3) is 0.263. The number of carbonyl (C=O) groups is 1. The number of aromatic nitrogens is 2. The summed E-state index contributed by atoms with van der Waals surface area (Å²) in [6.07, 6.45) is 1.28. The van der Waals surface area contributed by atoms with Crippen molar-refractivity contribution in [1.29, 1.82) is 0 Å². The molecule has 0 atom stereocenters. The van der Waals surface area contributed by atoms with Crippen LogP contribution >= 0.6 is 0 Å². The summed E-state index contributed by atoms with van der Waals surface area (Å²) in [6, 6.07) is 10.8. The third-order valence-electron chi connectivity index (χ3n) is 5.16. The van der Waals surface area contributed by atoms with Gasteiger partial charge in [-0.05, 0) is 30.3 Å². The number of pyridine rings is 1. The highest BCUT2D eigenvalue weighted by atomic mass is 16.6. The van der Waals surface area contributed by atoms with Crippen molar-refractivity contribution < 1.29 is 14.8 Å². The van der Waals surface area contributed by atoms with Crippen LogP contribution in [0.5, 0.6) is 0 Å². The maximum Gasteiger partial charge on any atom is 0.352 e. The second-order valence-corrected chi connectivity index (χ2v) is 6.74. The number of piperazine rings is 1. The van der Waals surface area contributed by atoms with Gasteiger partial charge in [0.1, 0.15) is 17.7 Å². The molecular formula is C19H19N5O4. The first-order chi connectivity index (χ1) is 13.4. The first-order valence-electron chi connectivity index (χ1n) is 8.87. The number of fused-ring (bicyclic) bond motifs is 1. The first-order valence-corrected chi connectivity index (χ1v) is 8.87. The quantitative estimate of drug-likeness (QED) is 0.547. The number of carboxylic acid groups (broad SMARTS) is 1. The summed E-state index contributed by atoms with van der Waals surface area (Å²) in [7, 11) is 1.75. The Balaban J connectivity index is 1.48. The van der Waals surface area contributed by atoms with E-state index in [1.54, 1.807) is 23.7 Å². The molecule has 1 aliphatic rings. The molecule has 0 amide bonds. The van der Waals surface area contributed by atoms with Crippen molar-refractivity contribution in [2.75, 3.05) is 36.0 Å². The average Bonchev–Trinajstić information content (AvgIpc) is 3.04. The van der Waals surface area contributed by atoms with Crippen LogP contribution in [0.15, 0.2) is 42.6 Å². The lowest BCUT2D eigenvalue weighted by Gasteiger charge is -2.36. The van der Waals surface area contributed by atoms with E-state index < -0.39 is 10.9 Å². The topological polar surface area (TPSA) is 105 Å². The van der Waals surface area contributed by atoms with Gasteiger partial charge in [0, 0.05) is 55.9 Å².